The highest BCUT2D eigenvalue weighted by Crippen LogP contribution is 2.23. The van der Waals surface area contributed by atoms with E-state index in [4.69, 9.17) is 10.5 Å². The summed E-state index contributed by atoms with van der Waals surface area (Å²) in [5.74, 6) is -4.80. The zero-order chi connectivity index (χ0) is 14.5. The summed E-state index contributed by atoms with van der Waals surface area (Å²) in [4.78, 5) is 10.7. The number of nitrogens with one attached hydrogen (secondary N) is 1. The predicted molar refractivity (Wildman–Crippen MR) is 59.5 cm³/mol. The summed E-state index contributed by atoms with van der Waals surface area (Å²) in [6, 6.07) is -0.155. The van der Waals surface area contributed by atoms with E-state index < -0.39 is 18.9 Å². The van der Waals surface area contributed by atoms with Crippen molar-refractivity contribution in [2.75, 3.05) is 24.2 Å². The van der Waals surface area contributed by atoms with Crippen LogP contribution in [0.1, 0.15) is 13.3 Å². The van der Waals surface area contributed by atoms with E-state index in [1.54, 1.807) is 0 Å². The maximum atomic E-state index is 12.7. The topological polar surface area (TPSA) is 86.0 Å². The minimum Gasteiger partial charge on any atom is -0.463 e. The predicted octanol–water partition coefficient (Wildman–Crippen LogP) is 1.55. The molecule has 3 N–H and O–H groups in total. The van der Waals surface area contributed by atoms with Crippen molar-refractivity contribution in [3.63, 3.8) is 0 Å². The lowest BCUT2D eigenvalue weighted by molar-refractivity contribution is -0.117. The molecular weight excluding hydrogens is 270 g/mol. The number of anilines is 2. The first-order valence-electron chi connectivity index (χ1n) is 5.39. The minimum absolute atomic E-state index is 0.155. The van der Waals surface area contributed by atoms with E-state index in [1.807, 2.05) is 12.2 Å². The Labute approximate surface area is 106 Å². The number of nitrogens with two attached hydrogens (primary N) is 1. The van der Waals surface area contributed by atoms with E-state index in [0.717, 1.165) is 0 Å². The number of ether oxygens (including phenoxy) is 1. The van der Waals surface area contributed by atoms with Crippen LogP contribution in [0, 0.1) is 0 Å². The first kappa shape index (κ1) is 15.2. The van der Waals surface area contributed by atoms with Gasteiger partial charge >= 0.3 is 18.4 Å². The number of hydrogen-bond acceptors (Lipinski definition) is 6. The molecule has 0 atom stereocenters. The number of nitrogens with zero attached hydrogens (tertiary/aromatic N) is 3. The van der Waals surface area contributed by atoms with Crippen molar-refractivity contribution < 1.29 is 22.3 Å². The van der Waals surface area contributed by atoms with Crippen LogP contribution in [-0.4, -0.2) is 40.5 Å². The molecule has 0 spiro atoms. The molecule has 19 heavy (non-hydrogen) atoms. The number of hydrogen-bond donors (Lipinski definition) is 2. The Kier molecular flexibility index (Phi) is 5.07. The number of alkyl halides is 4. The van der Waals surface area contributed by atoms with Gasteiger partial charge in [-0.3, -0.25) is 0 Å². The van der Waals surface area contributed by atoms with Crippen LogP contribution in [0.2, 0.25) is 0 Å². The Bertz CT molecular complexity index is 418. The van der Waals surface area contributed by atoms with Crippen molar-refractivity contribution in [2.45, 2.75) is 25.7 Å². The molecule has 1 aromatic rings. The Morgan fingerprint density at radius 2 is 2.00 bits per heavy atom. The number of rotatable bonds is 7. The lowest BCUT2D eigenvalue weighted by Gasteiger charge is -2.15. The van der Waals surface area contributed by atoms with Crippen LogP contribution >= 0.6 is 0 Å². The molecule has 6 nitrogen and oxygen atoms in total. The quantitative estimate of drug-likeness (QED) is 0.738. The van der Waals surface area contributed by atoms with Crippen LogP contribution in [-0.2, 0) is 0 Å². The van der Waals surface area contributed by atoms with Gasteiger partial charge in [-0.2, -0.15) is 23.7 Å². The summed E-state index contributed by atoms with van der Waals surface area (Å²) in [7, 11) is 0. The molecule has 0 aliphatic rings. The molecule has 1 heterocycles. The van der Waals surface area contributed by atoms with Gasteiger partial charge in [-0.05, 0) is 6.42 Å². The summed E-state index contributed by atoms with van der Waals surface area (Å²) < 4.78 is 54.3. The highest BCUT2D eigenvalue weighted by molar-refractivity contribution is 5.32. The Morgan fingerprint density at radius 1 is 1.32 bits per heavy atom. The standard InChI is InChI=1S/C9H13F4N5O/c1-2-3-19-8-17-6(14)16-7(18-8)15-4-9(12,13)5(10)11/h5H,2-4H2,1H3,(H3,14,15,16,17,18). The molecule has 0 saturated carbocycles. The van der Waals surface area contributed by atoms with E-state index in [2.05, 4.69) is 15.0 Å². The van der Waals surface area contributed by atoms with Crippen molar-refractivity contribution in [3.05, 3.63) is 0 Å². The number of nitrogen functional groups attached to an aromatic ring is 1. The SMILES string of the molecule is CCCOc1nc(N)nc(NCC(F)(F)C(F)F)n1. The molecule has 0 amide bonds. The lowest BCUT2D eigenvalue weighted by Crippen LogP contribution is -2.35. The van der Waals surface area contributed by atoms with Gasteiger partial charge in [0.15, 0.2) is 0 Å². The van der Waals surface area contributed by atoms with Gasteiger partial charge in [0.25, 0.3) is 0 Å². The minimum atomic E-state index is -4.19. The average Bonchev–Trinajstić information content (AvgIpc) is 2.33. The van der Waals surface area contributed by atoms with E-state index >= 15 is 0 Å². The fourth-order valence-electron chi connectivity index (χ4n) is 0.983. The summed E-state index contributed by atoms with van der Waals surface area (Å²) in [6.07, 6.45) is -3.10. The Hall–Kier alpha value is -1.87. The third-order valence-electron chi connectivity index (χ3n) is 1.87. The van der Waals surface area contributed by atoms with Crippen molar-refractivity contribution in [3.8, 4) is 6.01 Å². The second-order valence-electron chi connectivity index (χ2n) is 3.56. The molecule has 0 aliphatic heterocycles. The molecule has 10 heteroatoms. The average molecular weight is 283 g/mol. The van der Waals surface area contributed by atoms with E-state index in [0.29, 0.717) is 13.0 Å². The van der Waals surface area contributed by atoms with Crippen LogP contribution < -0.4 is 15.8 Å². The van der Waals surface area contributed by atoms with Gasteiger partial charge < -0.3 is 15.8 Å². The maximum absolute atomic E-state index is 12.7. The van der Waals surface area contributed by atoms with Crippen molar-refractivity contribution in [1.29, 1.82) is 0 Å². The fraction of sp³-hybridized carbons (Fsp3) is 0.667. The molecule has 0 aromatic carbocycles. The summed E-state index contributed by atoms with van der Waals surface area (Å²) in [5, 5.41) is 1.97. The Morgan fingerprint density at radius 3 is 2.58 bits per heavy atom. The molecule has 1 aromatic heterocycles. The third-order valence-corrected chi connectivity index (χ3v) is 1.87. The van der Waals surface area contributed by atoms with Gasteiger partial charge in [-0.25, -0.2) is 8.78 Å². The van der Waals surface area contributed by atoms with Gasteiger partial charge in [0.1, 0.15) is 0 Å². The largest absolute Gasteiger partial charge is 0.463 e. The molecule has 0 fully saturated rings. The molecule has 0 unspecified atom stereocenters. The van der Waals surface area contributed by atoms with E-state index in [9.17, 15) is 17.6 Å². The zero-order valence-electron chi connectivity index (χ0n) is 10.0. The van der Waals surface area contributed by atoms with Gasteiger partial charge in [0, 0.05) is 0 Å². The summed E-state index contributed by atoms with van der Waals surface area (Å²) in [5.41, 5.74) is 5.31. The van der Waals surface area contributed by atoms with Crippen LogP contribution in [0.25, 0.3) is 0 Å². The number of aromatic nitrogens is 3. The van der Waals surface area contributed by atoms with Crippen molar-refractivity contribution >= 4 is 11.9 Å². The molecule has 0 radical (unpaired) electrons. The molecule has 0 bridgehead atoms. The molecular formula is C9H13F4N5O. The number of halogens is 4. The highest BCUT2D eigenvalue weighted by Gasteiger charge is 2.40. The second kappa shape index (κ2) is 6.34. The lowest BCUT2D eigenvalue weighted by atomic mass is 10.3. The third kappa shape index (κ3) is 4.72. The van der Waals surface area contributed by atoms with Crippen LogP contribution in [0.15, 0.2) is 0 Å². The van der Waals surface area contributed by atoms with Crippen LogP contribution in [0.4, 0.5) is 29.5 Å². The molecule has 108 valence electrons. The van der Waals surface area contributed by atoms with Crippen LogP contribution in [0.5, 0.6) is 6.01 Å². The molecule has 0 aliphatic carbocycles. The van der Waals surface area contributed by atoms with E-state index in [-0.39, 0.29) is 17.9 Å². The molecule has 0 saturated heterocycles. The Balaban J connectivity index is 2.70. The van der Waals surface area contributed by atoms with Gasteiger partial charge in [0.2, 0.25) is 11.9 Å². The van der Waals surface area contributed by atoms with Gasteiger partial charge in [0.05, 0.1) is 13.2 Å². The van der Waals surface area contributed by atoms with Crippen molar-refractivity contribution in [2.24, 2.45) is 0 Å². The maximum Gasteiger partial charge on any atom is 0.324 e. The fourth-order valence-corrected chi connectivity index (χ4v) is 0.983. The monoisotopic (exact) mass is 283 g/mol. The first-order valence-corrected chi connectivity index (χ1v) is 5.39. The summed E-state index contributed by atoms with van der Waals surface area (Å²) >= 11 is 0. The zero-order valence-corrected chi connectivity index (χ0v) is 10.0. The van der Waals surface area contributed by atoms with E-state index in [1.165, 1.54) is 0 Å². The first-order chi connectivity index (χ1) is 8.85. The highest BCUT2D eigenvalue weighted by atomic mass is 19.3. The van der Waals surface area contributed by atoms with Crippen LogP contribution in [0.3, 0.4) is 0 Å². The molecule has 1 rings (SSSR count). The smallest absolute Gasteiger partial charge is 0.324 e. The van der Waals surface area contributed by atoms with Gasteiger partial charge in [-0.1, -0.05) is 6.92 Å². The second-order valence-corrected chi connectivity index (χ2v) is 3.56. The van der Waals surface area contributed by atoms with Gasteiger partial charge in [-0.15, -0.1) is 0 Å². The van der Waals surface area contributed by atoms with Crippen molar-refractivity contribution in [1.82, 2.24) is 15.0 Å². The summed E-state index contributed by atoms with van der Waals surface area (Å²) in [6.45, 7) is 0.824. The normalized spacial score (nSPS) is 11.7.